The van der Waals surface area contributed by atoms with Crippen LogP contribution >= 0.6 is 0 Å². The van der Waals surface area contributed by atoms with Crippen LogP contribution in [-0.4, -0.2) is 35.6 Å². The number of H-pyrrole nitrogens is 2. The van der Waals surface area contributed by atoms with Crippen molar-refractivity contribution in [1.29, 1.82) is 0 Å². The Hall–Kier alpha value is -4.92. The number of aryl methyl sites for hydroxylation is 1. The third kappa shape index (κ3) is 5.24. The molecule has 5 rings (SSSR count). The van der Waals surface area contributed by atoms with E-state index in [0.717, 1.165) is 50.4 Å². The van der Waals surface area contributed by atoms with Gasteiger partial charge in [-0.25, -0.2) is 4.98 Å². The Morgan fingerprint density at radius 2 is 1.95 bits per heavy atom. The first kappa shape index (κ1) is 25.7. The maximum absolute atomic E-state index is 12.5. The number of nitrogen functional groups attached to an aromatic ring is 1. The topological polar surface area (TPSA) is 130 Å². The van der Waals surface area contributed by atoms with Crippen LogP contribution in [0.3, 0.4) is 0 Å². The number of hydrogen-bond donors (Lipinski definition) is 4. The van der Waals surface area contributed by atoms with Crippen LogP contribution in [0.4, 0.5) is 11.5 Å². The van der Waals surface area contributed by atoms with E-state index in [2.05, 4.69) is 36.5 Å². The van der Waals surface area contributed by atoms with Crippen molar-refractivity contribution in [3.05, 3.63) is 84.7 Å². The van der Waals surface area contributed by atoms with Crippen LogP contribution in [-0.2, 0) is 4.79 Å². The molecule has 4 heterocycles. The molecule has 0 aliphatic rings. The molecule has 0 saturated heterocycles. The number of carbonyl (C=O) groups excluding carboxylic acids is 1. The van der Waals surface area contributed by atoms with Gasteiger partial charge in [-0.15, -0.1) is 0 Å². The third-order valence-corrected chi connectivity index (χ3v) is 6.39. The molecule has 0 aliphatic carbocycles. The van der Waals surface area contributed by atoms with E-state index in [1.54, 1.807) is 18.7 Å². The standard InChI is InChI=1S/C30H32N8O/c1-6-7-8-26(38-16-18(2)33-17-38)23-13-25(35-28(23)31)27-22-12-19(9-10-24(22)36-37-27)20-11-21(15-32-14-20)34-29(39)30(3,4)5/h6-17,35H,31H2,1-5H3,(H,34,39)(H,36,37)/b7-6?,26-8+. The molecule has 0 fully saturated rings. The van der Waals surface area contributed by atoms with Crippen LogP contribution in [0, 0.1) is 12.3 Å². The number of benzene rings is 1. The summed E-state index contributed by atoms with van der Waals surface area (Å²) in [6.45, 7) is 9.55. The van der Waals surface area contributed by atoms with Gasteiger partial charge >= 0.3 is 0 Å². The van der Waals surface area contributed by atoms with Gasteiger partial charge in [-0.1, -0.05) is 39.0 Å². The van der Waals surface area contributed by atoms with E-state index < -0.39 is 5.41 Å². The number of amides is 1. The van der Waals surface area contributed by atoms with Crippen LogP contribution in [0.5, 0.6) is 0 Å². The quantitative estimate of drug-likeness (QED) is 0.199. The van der Waals surface area contributed by atoms with E-state index in [0.29, 0.717) is 11.5 Å². The van der Waals surface area contributed by atoms with Gasteiger partial charge in [0.1, 0.15) is 11.5 Å². The summed E-state index contributed by atoms with van der Waals surface area (Å²) < 4.78 is 1.96. The lowest BCUT2D eigenvalue weighted by atomic mass is 9.95. The minimum atomic E-state index is -0.504. The number of imidazole rings is 1. The second-order valence-electron chi connectivity index (χ2n) is 10.5. The maximum atomic E-state index is 12.5. The van der Waals surface area contributed by atoms with Crippen LogP contribution in [0.25, 0.3) is 39.1 Å². The number of rotatable bonds is 6. The highest BCUT2D eigenvalue weighted by Crippen LogP contribution is 2.34. The van der Waals surface area contributed by atoms with Crippen molar-refractivity contribution in [1.82, 2.24) is 29.7 Å². The molecule has 0 bridgehead atoms. The lowest BCUT2D eigenvalue weighted by molar-refractivity contribution is -0.123. The van der Waals surface area contributed by atoms with Gasteiger partial charge in [-0.05, 0) is 49.8 Å². The fraction of sp³-hybridized carbons (Fsp3) is 0.200. The van der Waals surface area contributed by atoms with E-state index in [1.165, 1.54) is 0 Å². The van der Waals surface area contributed by atoms with E-state index in [1.807, 2.05) is 87.9 Å². The van der Waals surface area contributed by atoms with Crippen LogP contribution in [0.15, 0.2) is 73.5 Å². The third-order valence-electron chi connectivity index (χ3n) is 6.39. The summed E-state index contributed by atoms with van der Waals surface area (Å²) in [5, 5.41) is 11.6. The number of aromatic amines is 2. The number of aromatic nitrogens is 6. The SMILES string of the molecule is CC=C/C=C(\c1cc(-c2n[nH]c3ccc(-c4cncc(NC(=O)C(C)(C)C)c4)cc23)[nH]c1N)n1cnc(C)c1. The molecular formula is C30H32N8O. The molecule has 1 aromatic carbocycles. The van der Waals surface area contributed by atoms with E-state index in [-0.39, 0.29) is 5.91 Å². The van der Waals surface area contributed by atoms with Gasteiger partial charge in [-0.3, -0.25) is 14.9 Å². The first-order valence-electron chi connectivity index (χ1n) is 12.7. The minimum Gasteiger partial charge on any atom is -0.385 e. The molecule has 9 nitrogen and oxygen atoms in total. The van der Waals surface area contributed by atoms with E-state index in [9.17, 15) is 4.79 Å². The van der Waals surface area contributed by atoms with Crippen LogP contribution in [0.2, 0.25) is 0 Å². The molecule has 0 aliphatic heterocycles. The van der Waals surface area contributed by atoms with Gasteiger partial charge < -0.3 is 20.6 Å². The maximum Gasteiger partial charge on any atom is 0.229 e. The zero-order valence-electron chi connectivity index (χ0n) is 22.7. The highest BCUT2D eigenvalue weighted by atomic mass is 16.2. The highest BCUT2D eigenvalue weighted by molar-refractivity contribution is 5.97. The first-order chi connectivity index (χ1) is 18.6. The highest BCUT2D eigenvalue weighted by Gasteiger charge is 2.21. The Morgan fingerprint density at radius 3 is 2.67 bits per heavy atom. The zero-order chi connectivity index (χ0) is 27.7. The summed E-state index contributed by atoms with van der Waals surface area (Å²) in [6, 6.07) is 9.98. The van der Waals surface area contributed by atoms with Crippen molar-refractivity contribution >= 4 is 34.0 Å². The lowest BCUT2D eigenvalue weighted by Gasteiger charge is -2.17. The fourth-order valence-corrected chi connectivity index (χ4v) is 4.25. The fourth-order valence-electron chi connectivity index (χ4n) is 4.25. The van der Waals surface area contributed by atoms with Gasteiger partial charge in [0.15, 0.2) is 0 Å². The molecule has 9 heteroatoms. The molecule has 5 N–H and O–H groups in total. The van der Waals surface area contributed by atoms with Crippen LogP contribution in [0.1, 0.15) is 39.0 Å². The number of fused-ring (bicyclic) bond motifs is 1. The Balaban J connectivity index is 1.53. The van der Waals surface area contributed by atoms with Gasteiger partial charge in [0.05, 0.1) is 40.8 Å². The van der Waals surface area contributed by atoms with E-state index >= 15 is 0 Å². The molecule has 0 spiro atoms. The number of nitrogens with one attached hydrogen (secondary N) is 3. The van der Waals surface area contributed by atoms with Gasteiger partial charge in [-0.2, -0.15) is 5.10 Å². The molecule has 39 heavy (non-hydrogen) atoms. The number of nitrogens with zero attached hydrogens (tertiary/aromatic N) is 4. The molecule has 4 aromatic heterocycles. The van der Waals surface area contributed by atoms with E-state index in [4.69, 9.17) is 5.73 Å². The lowest BCUT2D eigenvalue weighted by Crippen LogP contribution is -2.27. The Morgan fingerprint density at radius 1 is 1.13 bits per heavy atom. The summed E-state index contributed by atoms with van der Waals surface area (Å²) >= 11 is 0. The van der Waals surface area contributed by atoms with Gasteiger partial charge in [0.25, 0.3) is 0 Å². The Kier molecular flexibility index (Phi) is 6.66. The zero-order valence-corrected chi connectivity index (χ0v) is 22.7. The van der Waals surface area contributed by atoms with Crippen molar-refractivity contribution < 1.29 is 4.79 Å². The summed E-state index contributed by atoms with van der Waals surface area (Å²) in [7, 11) is 0. The summed E-state index contributed by atoms with van der Waals surface area (Å²) in [5.41, 5.74) is 13.6. The molecule has 5 aromatic rings. The molecule has 1 amide bonds. The van der Waals surface area contributed by atoms with Crippen molar-refractivity contribution in [3.8, 4) is 22.5 Å². The smallest absolute Gasteiger partial charge is 0.229 e. The molecule has 0 atom stereocenters. The molecular weight excluding hydrogens is 488 g/mol. The number of anilines is 2. The van der Waals surface area contributed by atoms with Crippen molar-refractivity contribution in [2.24, 2.45) is 5.41 Å². The second kappa shape index (κ2) is 10.1. The predicted molar refractivity (Wildman–Crippen MR) is 157 cm³/mol. The minimum absolute atomic E-state index is 0.0668. The van der Waals surface area contributed by atoms with Crippen molar-refractivity contribution in [2.45, 2.75) is 34.6 Å². The summed E-state index contributed by atoms with van der Waals surface area (Å²) in [5.74, 6) is 0.466. The molecule has 198 valence electrons. The number of allylic oxidation sites excluding steroid dienone is 3. The Labute approximate surface area is 226 Å². The Bertz CT molecular complexity index is 1730. The largest absolute Gasteiger partial charge is 0.385 e. The van der Waals surface area contributed by atoms with Gasteiger partial charge in [0, 0.05) is 34.3 Å². The summed E-state index contributed by atoms with van der Waals surface area (Å²) in [6.07, 6.45) is 13.1. The predicted octanol–water partition coefficient (Wildman–Crippen LogP) is 6.16. The summed E-state index contributed by atoms with van der Waals surface area (Å²) in [4.78, 5) is 24.5. The molecule has 0 unspecified atom stereocenters. The average Bonchev–Trinajstić information content (AvgIpc) is 3.62. The number of hydrogen-bond acceptors (Lipinski definition) is 5. The number of nitrogens with two attached hydrogens (primary N) is 1. The normalized spacial score (nSPS) is 12.5. The average molecular weight is 521 g/mol. The molecule has 0 radical (unpaired) electrons. The van der Waals surface area contributed by atoms with Crippen LogP contribution < -0.4 is 11.1 Å². The number of carbonyl (C=O) groups is 1. The monoisotopic (exact) mass is 520 g/mol. The van der Waals surface area contributed by atoms with Crippen molar-refractivity contribution in [3.63, 3.8) is 0 Å². The second-order valence-corrected chi connectivity index (χ2v) is 10.5. The van der Waals surface area contributed by atoms with Crippen molar-refractivity contribution in [2.75, 3.05) is 11.1 Å². The van der Waals surface area contributed by atoms with Gasteiger partial charge in [0.2, 0.25) is 5.91 Å². The first-order valence-corrected chi connectivity index (χ1v) is 12.7. The molecule has 0 saturated carbocycles. The number of pyridine rings is 1.